The minimum absolute atomic E-state index is 0.315. The molecular weight excluding hydrogens is 200 g/mol. The van der Waals surface area contributed by atoms with Crippen LogP contribution in [0.2, 0.25) is 0 Å². The van der Waals surface area contributed by atoms with Crippen LogP contribution in [0.3, 0.4) is 0 Å². The minimum atomic E-state index is 0.315. The van der Waals surface area contributed by atoms with E-state index in [0.717, 1.165) is 25.6 Å². The summed E-state index contributed by atoms with van der Waals surface area (Å²) in [7, 11) is 0. The van der Waals surface area contributed by atoms with Crippen LogP contribution in [-0.2, 0) is 0 Å². The molecule has 0 aromatic carbocycles. The van der Waals surface area contributed by atoms with Crippen molar-refractivity contribution in [3.8, 4) is 0 Å². The van der Waals surface area contributed by atoms with Crippen LogP contribution in [0.5, 0.6) is 0 Å². The van der Waals surface area contributed by atoms with E-state index in [2.05, 4.69) is 24.1 Å². The van der Waals surface area contributed by atoms with Crippen LogP contribution >= 0.6 is 0 Å². The Balaban J connectivity index is 2.19. The Labute approximate surface area is 100 Å². The quantitative estimate of drug-likeness (QED) is 0.645. The first-order chi connectivity index (χ1) is 7.76. The van der Waals surface area contributed by atoms with Gasteiger partial charge in [-0.1, -0.05) is 13.8 Å². The van der Waals surface area contributed by atoms with Crippen molar-refractivity contribution in [1.82, 2.24) is 10.2 Å². The second-order valence-electron chi connectivity index (χ2n) is 5.26. The largest absolute Gasteiger partial charge is 0.396 e. The number of nitrogens with zero attached hydrogens (tertiary/aromatic N) is 1. The van der Waals surface area contributed by atoms with Crippen molar-refractivity contribution >= 4 is 0 Å². The number of hydrogen-bond acceptors (Lipinski definition) is 3. The highest BCUT2D eigenvalue weighted by Gasteiger charge is 2.20. The van der Waals surface area contributed by atoms with Crippen LogP contribution in [0, 0.1) is 11.8 Å². The van der Waals surface area contributed by atoms with Gasteiger partial charge in [0.25, 0.3) is 0 Å². The van der Waals surface area contributed by atoms with E-state index in [1.54, 1.807) is 0 Å². The lowest BCUT2D eigenvalue weighted by Crippen LogP contribution is -2.42. The molecule has 0 aromatic heterocycles. The van der Waals surface area contributed by atoms with Gasteiger partial charge in [-0.25, -0.2) is 0 Å². The van der Waals surface area contributed by atoms with Crippen molar-refractivity contribution in [2.24, 2.45) is 11.8 Å². The molecule has 1 fully saturated rings. The fourth-order valence-corrected chi connectivity index (χ4v) is 2.47. The van der Waals surface area contributed by atoms with Crippen molar-refractivity contribution in [2.75, 3.05) is 39.3 Å². The Morgan fingerprint density at radius 2 is 2.31 bits per heavy atom. The second-order valence-corrected chi connectivity index (χ2v) is 5.26. The van der Waals surface area contributed by atoms with Crippen molar-refractivity contribution < 1.29 is 5.11 Å². The third-order valence-corrected chi connectivity index (χ3v) is 3.34. The number of piperidine rings is 1. The Morgan fingerprint density at radius 1 is 1.50 bits per heavy atom. The molecule has 3 heteroatoms. The van der Waals surface area contributed by atoms with Gasteiger partial charge in [-0.05, 0) is 50.7 Å². The summed E-state index contributed by atoms with van der Waals surface area (Å²) in [4.78, 5) is 2.52. The normalized spacial score (nSPS) is 24.6. The lowest BCUT2D eigenvalue weighted by atomic mass is 9.97. The van der Waals surface area contributed by atoms with E-state index < -0.39 is 0 Å². The molecule has 0 saturated carbocycles. The molecule has 1 saturated heterocycles. The van der Waals surface area contributed by atoms with Gasteiger partial charge >= 0.3 is 0 Å². The fraction of sp³-hybridized carbons (Fsp3) is 1.00. The molecule has 2 N–H and O–H groups in total. The molecule has 0 aliphatic carbocycles. The Hall–Kier alpha value is -0.120. The third kappa shape index (κ3) is 5.28. The summed E-state index contributed by atoms with van der Waals surface area (Å²) in [6.07, 6.45) is 3.90. The van der Waals surface area contributed by atoms with Crippen molar-refractivity contribution in [2.45, 2.75) is 33.1 Å². The van der Waals surface area contributed by atoms with Gasteiger partial charge in [-0.2, -0.15) is 0 Å². The zero-order chi connectivity index (χ0) is 11.8. The fourth-order valence-electron chi connectivity index (χ4n) is 2.47. The van der Waals surface area contributed by atoms with Crippen LogP contribution in [-0.4, -0.2) is 49.3 Å². The predicted octanol–water partition coefficient (Wildman–Crippen LogP) is 1.33. The number of aliphatic hydroxyl groups is 1. The van der Waals surface area contributed by atoms with Gasteiger partial charge in [0.2, 0.25) is 0 Å². The Kier molecular flexibility index (Phi) is 7.01. The summed E-state index contributed by atoms with van der Waals surface area (Å²) < 4.78 is 0. The monoisotopic (exact) mass is 228 g/mol. The smallest absolute Gasteiger partial charge is 0.0468 e. The van der Waals surface area contributed by atoms with Crippen LogP contribution in [0.4, 0.5) is 0 Å². The maximum absolute atomic E-state index is 9.07. The van der Waals surface area contributed by atoms with Crippen molar-refractivity contribution in [3.63, 3.8) is 0 Å². The van der Waals surface area contributed by atoms with Gasteiger partial charge in [0.15, 0.2) is 0 Å². The number of likely N-dealkylation sites (tertiary alicyclic amines) is 1. The molecule has 1 aliphatic heterocycles. The van der Waals surface area contributed by atoms with Gasteiger partial charge in [0.1, 0.15) is 0 Å². The van der Waals surface area contributed by atoms with E-state index in [1.807, 2.05) is 0 Å². The molecule has 0 bridgehead atoms. The van der Waals surface area contributed by atoms with E-state index in [9.17, 15) is 0 Å². The average Bonchev–Trinajstić information content (AvgIpc) is 2.30. The molecule has 1 rings (SSSR count). The number of hydrogen-bond donors (Lipinski definition) is 2. The van der Waals surface area contributed by atoms with Crippen molar-refractivity contribution in [3.05, 3.63) is 0 Å². The summed E-state index contributed by atoms with van der Waals surface area (Å²) in [5.41, 5.74) is 0. The summed E-state index contributed by atoms with van der Waals surface area (Å²) in [5, 5.41) is 12.6. The highest BCUT2D eigenvalue weighted by atomic mass is 16.3. The van der Waals surface area contributed by atoms with E-state index >= 15 is 0 Å². The molecule has 2 unspecified atom stereocenters. The topological polar surface area (TPSA) is 35.5 Å². The molecule has 96 valence electrons. The zero-order valence-corrected chi connectivity index (χ0v) is 10.9. The lowest BCUT2D eigenvalue weighted by molar-refractivity contribution is 0.127. The number of nitrogens with one attached hydrogen (secondary N) is 1. The highest BCUT2D eigenvalue weighted by molar-refractivity contribution is 4.75. The molecule has 1 aliphatic rings. The van der Waals surface area contributed by atoms with Crippen LogP contribution in [0.25, 0.3) is 0 Å². The molecule has 0 amide bonds. The zero-order valence-electron chi connectivity index (χ0n) is 10.9. The van der Waals surface area contributed by atoms with Gasteiger partial charge in [0.05, 0.1) is 0 Å². The first-order valence-corrected chi connectivity index (χ1v) is 6.80. The maximum atomic E-state index is 9.07. The van der Waals surface area contributed by atoms with Gasteiger partial charge < -0.3 is 15.3 Å². The van der Waals surface area contributed by atoms with Crippen LogP contribution in [0.15, 0.2) is 0 Å². The SMILES string of the molecule is CCCNCC1CCCN(CC(C)CO)C1. The first-order valence-electron chi connectivity index (χ1n) is 6.80. The molecule has 0 radical (unpaired) electrons. The van der Waals surface area contributed by atoms with E-state index in [-0.39, 0.29) is 0 Å². The summed E-state index contributed by atoms with van der Waals surface area (Å²) in [5.74, 6) is 1.23. The Bertz CT molecular complexity index is 175. The predicted molar refractivity (Wildman–Crippen MR) is 68.6 cm³/mol. The van der Waals surface area contributed by atoms with E-state index in [0.29, 0.717) is 12.5 Å². The first kappa shape index (κ1) is 13.9. The Morgan fingerprint density at radius 3 is 3.00 bits per heavy atom. The molecule has 0 spiro atoms. The van der Waals surface area contributed by atoms with E-state index in [4.69, 9.17) is 5.11 Å². The molecule has 1 heterocycles. The molecule has 2 atom stereocenters. The van der Waals surface area contributed by atoms with Crippen LogP contribution < -0.4 is 5.32 Å². The minimum Gasteiger partial charge on any atom is -0.396 e. The molecule has 0 aromatic rings. The molecule has 3 nitrogen and oxygen atoms in total. The van der Waals surface area contributed by atoms with Crippen molar-refractivity contribution in [1.29, 1.82) is 0 Å². The lowest BCUT2D eigenvalue weighted by Gasteiger charge is -2.34. The molecular formula is C13H28N2O. The van der Waals surface area contributed by atoms with Crippen LogP contribution in [0.1, 0.15) is 33.1 Å². The number of rotatable bonds is 7. The molecule has 16 heavy (non-hydrogen) atoms. The standard InChI is InChI=1S/C13H28N2O/c1-3-6-14-8-13-5-4-7-15(10-13)9-12(2)11-16/h12-14,16H,3-11H2,1-2H3. The van der Waals surface area contributed by atoms with Gasteiger partial charge in [-0.3, -0.25) is 0 Å². The second kappa shape index (κ2) is 8.04. The van der Waals surface area contributed by atoms with Gasteiger partial charge in [-0.15, -0.1) is 0 Å². The van der Waals surface area contributed by atoms with Gasteiger partial charge in [0, 0.05) is 19.7 Å². The third-order valence-electron chi connectivity index (χ3n) is 3.34. The highest BCUT2D eigenvalue weighted by Crippen LogP contribution is 2.16. The van der Waals surface area contributed by atoms with E-state index in [1.165, 1.54) is 32.4 Å². The summed E-state index contributed by atoms with van der Waals surface area (Å²) in [6.45, 7) is 10.4. The number of aliphatic hydroxyl groups excluding tert-OH is 1. The maximum Gasteiger partial charge on any atom is 0.0468 e. The average molecular weight is 228 g/mol. The summed E-state index contributed by atoms with van der Waals surface area (Å²) in [6, 6.07) is 0. The summed E-state index contributed by atoms with van der Waals surface area (Å²) >= 11 is 0.